The van der Waals surface area contributed by atoms with Crippen LogP contribution in [0.5, 0.6) is 0 Å². The number of nitro groups is 1. The van der Waals surface area contributed by atoms with Crippen molar-refractivity contribution < 1.29 is 13.3 Å². The number of aromatic nitrogens is 4. The van der Waals surface area contributed by atoms with Crippen LogP contribution in [0, 0.1) is 10.1 Å². The minimum Gasteiger partial charge on any atom is -0.258 e. The van der Waals surface area contributed by atoms with Crippen LogP contribution >= 0.6 is 0 Å². The number of nitro benzene ring substituents is 1. The Morgan fingerprint density at radius 2 is 1.96 bits per heavy atom. The first-order valence-corrected chi connectivity index (χ1v) is 9.47. The number of nitrogens with one attached hydrogen (secondary N) is 1. The summed E-state index contributed by atoms with van der Waals surface area (Å²) in [5.41, 5.74) is -0.470. The summed E-state index contributed by atoms with van der Waals surface area (Å²) in [6, 6.07) is 5.37. The van der Waals surface area contributed by atoms with Gasteiger partial charge in [0.25, 0.3) is 5.69 Å². The predicted molar refractivity (Wildman–Crippen MR) is 87.1 cm³/mol. The molecule has 0 atom stereocenters. The standard InChI is InChI=1S/C14H18N6O4S/c21-20(22)12-8-4-5-9-13(12)25(23,24)15-10-14-16-17-18-19(14)11-6-2-1-3-7-11/h4-5,8-9,11,15H,1-3,6-7,10H2. The minimum atomic E-state index is -4.06. The number of rotatable bonds is 6. The maximum Gasteiger partial charge on any atom is 0.289 e. The van der Waals surface area contributed by atoms with E-state index in [9.17, 15) is 18.5 Å². The molecule has 1 aliphatic carbocycles. The molecule has 1 heterocycles. The summed E-state index contributed by atoms with van der Waals surface area (Å²) in [4.78, 5) is 9.94. The first-order valence-electron chi connectivity index (χ1n) is 7.99. The summed E-state index contributed by atoms with van der Waals surface area (Å²) in [7, 11) is -4.06. The maximum absolute atomic E-state index is 12.4. The lowest BCUT2D eigenvalue weighted by molar-refractivity contribution is -0.387. The Kier molecular flexibility index (Phi) is 5.04. The molecule has 3 rings (SSSR count). The number of para-hydroxylation sites is 1. The zero-order valence-corrected chi connectivity index (χ0v) is 14.2. The van der Waals surface area contributed by atoms with E-state index in [0.29, 0.717) is 5.82 Å². The summed E-state index contributed by atoms with van der Waals surface area (Å²) in [5, 5.41) is 22.5. The van der Waals surface area contributed by atoms with Gasteiger partial charge < -0.3 is 0 Å². The second-order valence-corrected chi connectivity index (χ2v) is 7.62. The zero-order valence-electron chi connectivity index (χ0n) is 13.4. The van der Waals surface area contributed by atoms with E-state index in [0.717, 1.165) is 31.7 Å². The zero-order chi connectivity index (χ0) is 17.9. The highest BCUT2D eigenvalue weighted by Gasteiger charge is 2.26. The number of hydrogen-bond acceptors (Lipinski definition) is 7. The number of hydrogen-bond donors (Lipinski definition) is 1. The van der Waals surface area contributed by atoms with Crippen LogP contribution in [0.3, 0.4) is 0 Å². The molecule has 0 radical (unpaired) electrons. The number of tetrazole rings is 1. The van der Waals surface area contributed by atoms with Crippen LogP contribution in [-0.2, 0) is 16.6 Å². The van der Waals surface area contributed by atoms with E-state index in [1.165, 1.54) is 24.6 Å². The van der Waals surface area contributed by atoms with Gasteiger partial charge in [0.05, 0.1) is 17.5 Å². The molecule has 1 fully saturated rings. The number of sulfonamides is 1. The molecule has 0 bridgehead atoms. The Labute approximate surface area is 144 Å². The third kappa shape index (κ3) is 3.82. The molecular weight excluding hydrogens is 348 g/mol. The lowest BCUT2D eigenvalue weighted by Gasteiger charge is -2.22. The molecule has 0 amide bonds. The lowest BCUT2D eigenvalue weighted by atomic mass is 9.96. The first kappa shape index (κ1) is 17.4. The van der Waals surface area contributed by atoms with Crippen LogP contribution in [0.1, 0.15) is 44.0 Å². The van der Waals surface area contributed by atoms with Gasteiger partial charge in [0.1, 0.15) is 0 Å². The van der Waals surface area contributed by atoms with E-state index in [1.807, 2.05) is 0 Å². The van der Waals surface area contributed by atoms with Crippen molar-refractivity contribution >= 4 is 15.7 Å². The molecule has 2 aromatic rings. The Hall–Kier alpha value is -2.40. The van der Waals surface area contributed by atoms with E-state index in [2.05, 4.69) is 20.2 Å². The highest BCUT2D eigenvalue weighted by Crippen LogP contribution is 2.28. The Morgan fingerprint density at radius 1 is 1.24 bits per heavy atom. The highest BCUT2D eigenvalue weighted by molar-refractivity contribution is 7.89. The average molecular weight is 366 g/mol. The second kappa shape index (κ2) is 7.23. The van der Waals surface area contributed by atoms with Crippen LogP contribution in [-0.4, -0.2) is 33.5 Å². The van der Waals surface area contributed by atoms with E-state index < -0.39 is 20.6 Å². The van der Waals surface area contributed by atoms with Crippen molar-refractivity contribution in [1.82, 2.24) is 24.9 Å². The lowest BCUT2D eigenvalue weighted by Crippen LogP contribution is -2.27. The van der Waals surface area contributed by atoms with Crippen molar-refractivity contribution in [1.29, 1.82) is 0 Å². The van der Waals surface area contributed by atoms with Crippen LogP contribution in [0.2, 0.25) is 0 Å². The fourth-order valence-corrected chi connectivity index (χ4v) is 4.16. The summed E-state index contributed by atoms with van der Waals surface area (Å²) in [6.45, 7) is -0.127. The average Bonchev–Trinajstić information content (AvgIpc) is 3.09. The molecule has 25 heavy (non-hydrogen) atoms. The molecule has 1 aliphatic rings. The summed E-state index contributed by atoms with van der Waals surface area (Å²) in [5.74, 6) is 0.397. The summed E-state index contributed by atoms with van der Waals surface area (Å²) < 4.78 is 28.9. The third-order valence-electron chi connectivity index (χ3n) is 4.25. The van der Waals surface area contributed by atoms with Crippen molar-refractivity contribution in [2.75, 3.05) is 0 Å². The van der Waals surface area contributed by atoms with Gasteiger partial charge in [0.15, 0.2) is 10.7 Å². The monoisotopic (exact) mass is 366 g/mol. The largest absolute Gasteiger partial charge is 0.289 e. The first-order chi connectivity index (χ1) is 12.0. The molecule has 0 aliphatic heterocycles. The van der Waals surface area contributed by atoms with Crippen molar-refractivity contribution in [3.05, 3.63) is 40.2 Å². The molecule has 11 heteroatoms. The predicted octanol–water partition coefficient (Wildman–Crippen LogP) is 1.56. The third-order valence-corrected chi connectivity index (χ3v) is 5.70. The SMILES string of the molecule is O=[N+]([O-])c1ccccc1S(=O)(=O)NCc1nnnn1C1CCCCC1. The van der Waals surface area contributed by atoms with Crippen molar-refractivity contribution in [3.8, 4) is 0 Å². The molecule has 0 saturated heterocycles. The van der Waals surface area contributed by atoms with Gasteiger partial charge in [-0.2, -0.15) is 0 Å². The number of nitrogens with zero attached hydrogens (tertiary/aromatic N) is 5. The van der Waals surface area contributed by atoms with E-state index in [4.69, 9.17) is 0 Å². The Morgan fingerprint density at radius 3 is 2.68 bits per heavy atom. The molecular formula is C14H18N6O4S. The molecule has 134 valence electrons. The molecule has 1 N–H and O–H groups in total. The normalized spacial score (nSPS) is 16.0. The minimum absolute atomic E-state index is 0.127. The van der Waals surface area contributed by atoms with Gasteiger partial charge in [-0.25, -0.2) is 17.8 Å². The van der Waals surface area contributed by atoms with Crippen LogP contribution in [0.4, 0.5) is 5.69 Å². The molecule has 0 spiro atoms. The highest BCUT2D eigenvalue weighted by atomic mass is 32.2. The van der Waals surface area contributed by atoms with Crippen molar-refractivity contribution in [2.24, 2.45) is 0 Å². The van der Waals surface area contributed by atoms with E-state index >= 15 is 0 Å². The molecule has 10 nitrogen and oxygen atoms in total. The van der Waals surface area contributed by atoms with Crippen molar-refractivity contribution in [3.63, 3.8) is 0 Å². The molecule has 1 aromatic heterocycles. The smallest absolute Gasteiger partial charge is 0.258 e. The second-order valence-electron chi connectivity index (χ2n) is 5.88. The summed E-state index contributed by atoms with van der Waals surface area (Å²) in [6.07, 6.45) is 5.26. The van der Waals surface area contributed by atoms with Gasteiger partial charge >= 0.3 is 0 Å². The Balaban J connectivity index is 1.78. The Bertz CT molecular complexity index is 860. The van der Waals surface area contributed by atoms with Gasteiger partial charge in [-0.3, -0.25) is 10.1 Å². The quantitative estimate of drug-likeness (QED) is 0.606. The van der Waals surface area contributed by atoms with Crippen LogP contribution < -0.4 is 4.72 Å². The fraction of sp³-hybridized carbons (Fsp3) is 0.500. The van der Waals surface area contributed by atoms with Gasteiger partial charge in [0.2, 0.25) is 10.0 Å². The van der Waals surface area contributed by atoms with Crippen LogP contribution in [0.25, 0.3) is 0 Å². The van der Waals surface area contributed by atoms with Gasteiger partial charge in [0, 0.05) is 6.07 Å². The van der Waals surface area contributed by atoms with E-state index in [1.54, 1.807) is 4.68 Å². The molecule has 1 aromatic carbocycles. The molecule has 0 unspecified atom stereocenters. The van der Waals surface area contributed by atoms with E-state index in [-0.39, 0.29) is 17.5 Å². The summed E-state index contributed by atoms with van der Waals surface area (Å²) >= 11 is 0. The van der Waals surface area contributed by atoms with Crippen LogP contribution in [0.15, 0.2) is 29.2 Å². The maximum atomic E-state index is 12.4. The number of benzene rings is 1. The van der Waals surface area contributed by atoms with Gasteiger partial charge in [-0.05, 0) is 29.3 Å². The topological polar surface area (TPSA) is 133 Å². The molecule has 1 saturated carbocycles. The fourth-order valence-electron chi connectivity index (χ4n) is 3.01. The van der Waals surface area contributed by atoms with Gasteiger partial charge in [-0.15, -0.1) is 5.10 Å². The van der Waals surface area contributed by atoms with Gasteiger partial charge in [-0.1, -0.05) is 31.4 Å². The van der Waals surface area contributed by atoms with Crippen molar-refractivity contribution in [2.45, 2.75) is 49.6 Å².